The number of hydrogen-bond acceptors (Lipinski definition) is 2. The fourth-order valence-corrected chi connectivity index (χ4v) is 2.86. The molecular weight excluding hydrogens is 262 g/mol. The van der Waals surface area contributed by atoms with E-state index in [0.29, 0.717) is 19.4 Å². The first-order chi connectivity index (χ1) is 10.3. The van der Waals surface area contributed by atoms with Crippen LogP contribution < -0.4 is 4.90 Å². The van der Waals surface area contributed by atoms with Crippen LogP contribution in [0.2, 0.25) is 0 Å². The first kappa shape index (κ1) is 13.8. The van der Waals surface area contributed by atoms with Crippen molar-refractivity contribution < 1.29 is 9.90 Å². The predicted molar refractivity (Wildman–Crippen MR) is 83.1 cm³/mol. The maximum atomic E-state index is 12.6. The number of hydrogen-bond donors (Lipinski definition) is 1. The van der Waals surface area contributed by atoms with Crippen molar-refractivity contribution in [2.45, 2.75) is 25.4 Å². The molecule has 0 aliphatic carbocycles. The average molecular weight is 281 g/mol. The Morgan fingerprint density at radius 2 is 1.81 bits per heavy atom. The number of nitrogens with zero attached hydrogens (tertiary/aromatic N) is 1. The van der Waals surface area contributed by atoms with E-state index in [-0.39, 0.29) is 5.91 Å². The number of carbonyl (C=O) groups is 1. The topological polar surface area (TPSA) is 40.5 Å². The Morgan fingerprint density at radius 1 is 1.10 bits per heavy atom. The molecule has 2 aromatic carbocycles. The molecule has 0 saturated heterocycles. The molecule has 1 unspecified atom stereocenters. The van der Waals surface area contributed by atoms with Crippen molar-refractivity contribution in [1.82, 2.24) is 0 Å². The van der Waals surface area contributed by atoms with Crippen LogP contribution in [0.15, 0.2) is 54.6 Å². The van der Waals surface area contributed by atoms with Crippen LogP contribution in [-0.2, 0) is 11.2 Å². The minimum absolute atomic E-state index is 0.0859. The van der Waals surface area contributed by atoms with Gasteiger partial charge in [-0.25, -0.2) is 0 Å². The molecule has 3 nitrogen and oxygen atoms in total. The lowest BCUT2D eigenvalue weighted by molar-refractivity contribution is -0.118. The van der Waals surface area contributed by atoms with Crippen LogP contribution in [0, 0.1) is 0 Å². The highest BCUT2D eigenvalue weighted by Gasteiger charge is 2.24. The summed E-state index contributed by atoms with van der Waals surface area (Å²) < 4.78 is 0. The molecule has 0 fully saturated rings. The summed E-state index contributed by atoms with van der Waals surface area (Å²) >= 11 is 0. The third-order valence-electron chi connectivity index (χ3n) is 3.95. The molecule has 3 heteroatoms. The van der Waals surface area contributed by atoms with Gasteiger partial charge < -0.3 is 10.0 Å². The monoisotopic (exact) mass is 281 g/mol. The van der Waals surface area contributed by atoms with E-state index in [0.717, 1.165) is 23.2 Å². The van der Waals surface area contributed by atoms with Crippen molar-refractivity contribution in [2.24, 2.45) is 0 Å². The van der Waals surface area contributed by atoms with Gasteiger partial charge in [-0.2, -0.15) is 0 Å². The SMILES string of the molecule is O=C(Cc1ccccc1)N1CCCC(O)c2ccccc21. The molecule has 21 heavy (non-hydrogen) atoms. The van der Waals surface area contributed by atoms with Gasteiger partial charge in [0.25, 0.3) is 0 Å². The number of fused-ring (bicyclic) bond motifs is 1. The van der Waals surface area contributed by atoms with E-state index in [1.807, 2.05) is 59.5 Å². The molecule has 1 aliphatic heterocycles. The number of aliphatic hydroxyl groups is 1. The third kappa shape index (κ3) is 2.98. The van der Waals surface area contributed by atoms with Crippen LogP contribution in [0.4, 0.5) is 5.69 Å². The lowest BCUT2D eigenvalue weighted by atomic mass is 10.0. The Hall–Kier alpha value is -2.13. The highest BCUT2D eigenvalue weighted by Crippen LogP contribution is 2.32. The van der Waals surface area contributed by atoms with Crippen LogP contribution >= 0.6 is 0 Å². The van der Waals surface area contributed by atoms with Gasteiger partial charge in [0, 0.05) is 17.8 Å². The fraction of sp³-hybridized carbons (Fsp3) is 0.278. The van der Waals surface area contributed by atoms with Gasteiger partial charge in [-0.3, -0.25) is 4.79 Å². The second kappa shape index (κ2) is 6.10. The molecule has 1 aliphatic rings. The van der Waals surface area contributed by atoms with E-state index in [1.54, 1.807) is 0 Å². The first-order valence-corrected chi connectivity index (χ1v) is 7.37. The molecule has 108 valence electrons. The standard InChI is InChI=1S/C18H19NO2/c20-17-11-6-12-19(16-10-5-4-9-15(16)17)18(21)13-14-7-2-1-3-8-14/h1-5,7-10,17,20H,6,11-13H2. The number of amides is 1. The summed E-state index contributed by atoms with van der Waals surface area (Å²) in [6.45, 7) is 0.666. The molecule has 0 radical (unpaired) electrons. The van der Waals surface area contributed by atoms with Crippen LogP contribution in [0.25, 0.3) is 0 Å². The van der Waals surface area contributed by atoms with Gasteiger partial charge in [-0.15, -0.1) is 0 Å². The van der Waals surface area contributed by atoms with E-state index in [4.69, 9.17) is 0 Å². The summed E-state index contributed by atoms with van der Waals surface area (Å²) in [5.41, 5.74) is 2.73. The molecular formula is C18H19NO2. The number of para-hydroxylation sites is 1. The van der Waals surface area contributed by atoms with Gasteiger partial charge >= 0.3 is 0 Å². The smallest absolute Gasteiger partial charge is 0.231 e. The Labute approximate surface area is 124 Å². The van der Waals surface area contributed by atoms with Crippen LogP contribution in [0.5, 0.6) is 0 Å². The molecule has 0 spiro atoms. The van der Waals surface area contributed by atoms with Crippen molar-refractivity contribution in [3.63, 3.8) is 0 Å². The maximum Gasteiger partial charge on any atom is 0.231 e. The quantitative estimate of drug-likeness (QED) is 0.919. The maximum absolute atomic E-state index is 12.6. The van der Waals surface area contributed by atoms with E-state index in [1.165, 1.54) is 0 Å². The molecule has 3 rings (SSSR count). The van der Waals surface area contributed by atoms with Gasteiger partial charge in [0.05, 0.1) is 12.5 Å². The van der Waals surface area contributed by atoms with Crippen molar-refractivity contribution >= 4 is 11.6 Å². The van der Waals surface area contributed by atoms with Crippen molar-refractivity contribution in [2.75, 3.05) is 11.4 Å². The molecule has 1 N–H and O–H groups in total. The number of anilines is 1. The summed E-state index contributed by atoms with van der Waals surface area (Å²) in [5, 5.41) is 10.2. The minimum Gasteiger partial charge on any atom is -0.388 e. The zero-order chi connectivity index (χ0) is 14.7. The lowest BCUT2D eigenvalue weighted by Gasteiger charge is -2.23. The largest absolute Gasteiger partial charge is 0.388 e. The summed E-state index contributed by atoms with van der Waals surface area (Å²) in [6.07, 6.45) is 1.43. The third-order valence-corrected chi connectivity index (χ3v) is 3.95. The Bertz CT molecular complexity index is 624. The average Bonchev–Trinajstić information content (AvgIpc) is 2.68. The van der Waals surface area contributed by atoms with Crippen LogP contribution in [0.3, 0.4) is 0 Å². The zero-order valence-electron chi connectivity index (χ0n) is 11.9. The number of aliphatic hydroxyl groups excluding tert-OH is 1. The van der Waals surface area contributed by atoms with E-state index in [2.05, 4.69) is 0 Å². The zero-order valence-corrected chi connectivity index (χ0v) is 11.9. The predicted octanol–water partition coefficient (Wildman–Crippen LogP) is 3.09. The van der Waals surface area contributed by atoms with Crippen LogP contribution in [-0.4, -0.2) is 17.6 Å². The second-order valence-electron chi connectivity index (χ2n) is 5.42. The molecule has 1 amide bonds. The fourth-order valence-electron chi connectivity index (χ4n) is 2.86. The van der Waals surface area contributed by atoms with E-state index >= 15 is 0 Å². The molecule has 0 saturated carbocycles. The number of rotatable bonds is 2. The van der Waals surface area contributed by atoms with E-state index in [9.17, 15) is 9.90 Å². The van der Waals surface area contributed by atoms with Gasteiger partial charge in [0.1, 0.15) is 0 Å². The van der Waals surface area contributed by atoms with Gasteiger partial charge in [0.15, 0.2) is 0 Å². The van der Waals surface area contributed by atoms with Crippen molar-refractivity contribution in [3.05, 3.63) is 65.7 Å². The minimum atomic E-state index is -0.476. The molecule has 0 bridgehead atoms. The molecule has 1 heterocycles. The Morgan fingerprint density at radius 3 is 2.62 bits per heavy atom. The van der Waals surface area contributed by atoms with Crippen molar-refractivity contribution in [1.29, 1.82) is 0 Å². The van der Waals surface area contributed by atoms with Crippen molar-refractivity contribution in [3.8, 4) is 0 Å². The highest BCUT2D eigenvalue weighted by atomic mass is 16.3. The Kier molecular flexibility index (Phi) is 4.02. The number of benzene rings is 2. The summed E-state index contributed by atoms with van der Waals surface area (Å²) in [7, 11) is 0. The summed E-state index contributed by atoms with van der Waals surface area (Å²) in [5.74, 6) is 0.0859. The second-order valence-corrected chi connectivity index (χ2v) is 5.42. The normalized spacial score (nSPS) is 18.0. The molecule has 1 atom stereocenters. The van der Waals surface area contributed by atoms with E-state index < -0.39 is 6.10 Å². The Balaban J connectivity index is 1.87. The summed E-state index contributed by atoms with van der Waals surface area (Å²) in [4.78, 5) is 14.5. The van der Waals surface area contributed by atoms with Gasteiger partial charge in [0.2, 0.25) is 5.91 Å². The summed E-state index contributed by atoms with van der Waals surface area (Å²) in [6, 6.07) is 17.4. The first-order valence-electron chi connectivity index (χ1n) is 7.37. The van der Waals surface area contributed by atoms with Gasteiger partial charge in [-0.1, -0.05) is 48.5 Å². The lowest BCUT2D eigenvalue weighted by Crippen LogP contribution is -2.33. The van der Waals surface area contributed by atoms with Gasteiger partial charge in [-0.05, 0) is 24.5 Å². The highest BCUT2D eigenvalue weighted by molar-refractivity contribution is 5.95. The molecule has 2 aromatic rings. The molecule has 0 aromatic heterocycles. The number of carbonyl (C=O) groups excluding carboxylic acids is 1. The van der Waals surface area contributed by atoms with Crippen LogP contribution in [0.1, 0.15) is 30.1 Å².